The van der Waals surface area contributed by atoms with Crippen molar-refractivity contribution in [3.05, 3.63) is 56.5 Å². The summed E-state index contributed by atoms with van der Waals surface area (Å²) in [4.78, 5) is 14.9. The van der Waals surface area contributed by atoms with Crippen molar-refractivity contribution in [2.24, 2.45) is 10.2 Å². The lowest BCUT2D eigenvalue weighted by molar-refractivity contribution is 0.0995. The molecule has 1 heterocycles. The van der Waals surface area contributed by atoms with Gasteiger partial charge in [0.2, 0.25) is 5.88 Å². The molecule has 0 radical (unpaired) electrons. The van der Waals surface area contributed by atoms with Gasteiger partial charge in [-0.3, -0.25) is 4.79 Å². The molecule has 24 heavy (non-hydrogen) atoms. The van der Waals surface area contributed by atoms with Gasteiger partial charge in [-0.2, -0.15) is 0 Å². The fraction of sp³-hybridized carbons (Fsp3) is 0.0625. The number of hydrogen-bond acceptors (Lipinski definition) is 3. The van der Waals surface area contributed by atoms with Crippen molar-refractivity contribution in [1.29, 1.82) is 0 Å². The van der Waals surface area contributed by atoms with Crippen molar-refractivity contribution in [2.75, 3.05) is 0 Å². The number of carbonyl (C=O) groups is 1. The number of benzene rings is 2. The highest BCUT2D eigenvalue weighted by atomic mass is 35.5. The van der Waals surface area contributed by atoms with E-state index in [-0.39, 0.29) is 22.2 Å². The van der Waals surface area contributed by atoms with Gasteiger partial charge in [0.1, 0.15) is 0 Å². The molecule has 5 nitrogen and oxygen atoms in total. The Hall–Kier alpha value is -2.08. The standard InChI is InChI=1S/C16H10Cl3N3O2/c1-7-11(18)5-4-10-13(7)20-16(24)14(10)21-22-15(23)9-3-2-8(17)6-12(9)19/h2-6,20,24H,1H3. The van der Waals surface area contributed by atoms with E-state index in [2.05, 4.69) is 15.2 Å². The molecule has 0 aliphatic heterocycles. The van der Waals surface area contributed by atoms with Crippen LogP contribution in [0.4, 0.5) is 5.69 Å². The maximum Gasteiger partial charge on any atom is 0.296 e. The minimum Gasteiger partial charge on any atom is -0.493 e. The molecule has 3 aromatic rings. The summed E-state index contributed by atoms with van der Waals surface area (Å²) in [5.74, 6) is -0.842. The minimum atomic E-state index is -0.642. The number of nitrogens with zero attached hydrogens (tertiary/aromatic N) is 2. The third-order valence-corrected chi connectivity index (χ3v) is 4.48. The number of carbonyl (C=O) groups excluding carboxylic acids is 1. The second-order valence-electron chi connectivity index (χ2n) is 5.05. The van der Waals surface area contributed by atoms with Gasteiger partial charge in [-0.05, 0) is 42.8 Å². The molecule has 0 unspecified atom stereocenters. The van der Waals surface area contributed by atoms with Gasteiger partial charge in [-0.15, -0.1) is 10.2 Å². The molecule has 2 N–H and O–H groups in total. The van der Waals surface area contributed by atoms with Gasteiger partial charge in [0.25, 0.3) is 5.91 Å². The number of aryl methyl sites for hydroxylation is 1. The summed E-state index contributed by atoms with van der Waals surface area (Å²) in [7, 11) is 0. The number of rotatable bonds is 2. The van der Waals surface area contributed by atoms with Crippen molar-refractivity contribution >= 4 is 57.3 Å². The lowest BCUT2D eigenvalue weighted by atomic mass is 10.1. The van der Waals surface area contributed by atoms with Crippen LogP contribution in [0, 0.1) is 6.92 Å². The minimum absolute atomic E-state index is 0.156. The molecular formula is C16H10Cl3N3O2. The van der Waals surface area contributed by atoms with Gasteiger partial charge in [0.05, 0.1) is 16.1 Å². The molecule has 1 aromatic heterocycles. The van der Waals surface area contributed by atoms with Crippen LogP contribution < -0.4 is 0 Å². The fourth-order valence-electron chi connectivity index (χ4n) is 2.26. The number of azo groups is 1. The lowest BCUT2D eigenvalue weighted by Gasteiger charge is -1.99. The van der Waals surface area contributed by atoms with Gasteiger partial charge >= 0.3 is 0 Å². The zero-order chi connectivity index (χ0) is 17.4. The maximum absolute atomic E-state index is 12.1. The van der Waals surface area contributed by atoms with Gasteiger partial charge in [-0.25, -0.2) is 0 Å². The first kappa shape index (κ1) is 16.8. The SMILES string of the molecule is Cc1c(Cl)ccc2c(N=NC(=O)c3ccc(Cl)cc3Cl)c(O)[nH]c12. The number of fused-ring (bicyclic) bond motifs is 1. The monoisotopic (exact) mass is 381 g/mol. The number of hydrogen-bond donors (Lipinski definition) is 2. The Morgan fingerprint density at radius 2 is 1.88 bits per heavy atom. The first-order valence-electron chi connectivity index (χ1n) is 6.79. The zero-order valence-corrected chi connectivity index (χ0v) is 14.5. The zero-order valence-electron chi connectivity index (χ0n) is 12.3. The lowest BCUT2D eigenvalue weighted by Crippen LogP contribution is -1.94. The molecule has 0 atom stereocenters. The Kier molecular flexibility index (Phi) is 4.49. The van der Waals surface area contributed by atoms with Crippen LogP contribution in [0.3, 0.4) is 0 Å². The number of aromatic hydroxyl groups is 1. The summed E-state index contributed by atoms with van der Waals surface area (Å²) < 4.78 is 0. The van der Waals surface area contributed by atoms with Crippen LogP contribution in [0.1, 0.15) is 15.9 Å². The Bertz CT molecular complexity index is 996. The molecule has 0 spiro atoms. The summed E-state index contributed by atoms with van der Waals surface area (Å²) in [6.07, 6.45) is 0. The molecule has 0 fully saturated rings. The van der Waals surface area contributed by atoms with Crippen molar-refractivity contribution < 1.29 is 9.90 Å². The number of halogens is 3. The summed E-state index contributed by atoms with van der Waals surface area (Å²) in [6, 6.07) is 7.81. The summed E-state index contributed by atoms with van der Waals surface area (Å²) in [5, 5.41) is 19.3. The molecular weight excluding hydrogens is 373 g/mol. The summed E-state index contributed by atoms with van der Waals surface area (Å²) in [6.45, 7) is 1.81. The van der Waals surface area contributed by atoms with Gasteiger partial charge in [0.15, 0.2) is 5.69 Å². The molecule has 0 saturated carbocycles. The van der Waals surface area contributed by atoms with E-state index in [1.807, 2.05) is 0 Å². The maximum atomic E-state index is 12.1. The molecule has 0 aliphatic carbocycles. The fourth-order valence-corrected chi connectivity index (χ4v) is 2.91. The molecule has 8 heteroatoms. The van der Waals surface area contributed by atoms with Crippen molar-refractivity contribution in [2.45, 2.75) is 6.92 Å². The van der Waals surface area contributed by atoms with E-state index in [0.717, 1.165) is 5.56 Å². The third kappa shape index (κ3) is 2.98. The topological polar surface area (TPSA) is 77.8 Å². The van der Waals surface area contributed by atoms with Crippen LogP contribution in [0.15, 0.2) is 40.6 Å². The average molecular weight is 383 g/mol. The second kappa shape index (κ2) is 6.43. The number of aromatic nitrogens is 1. The average Bonchev–Trinajstić information content (AvgIpc) is 2.85. The van der Waals surface area contributed by atoms with Gasteiger partial charge in [-0.1, -0.05) is 34.8 Å². The second-order valence-corrected chi connectivity index (χ2v) is 6.30. The van der Waals surface area contributed by atoms with E-state index in [4.69, 9.17) is 34.8 Å². The van der Waals surface area contributed by atoms with Crippen LogP contribution in [0.25, 0.3) is 10.9 Å². The van der Waals surface area contributed by atoms with E-state index >= 15 is 0 Å². The number of nitrogens with one attached hydrogen (secondary N) is 1. The number of aromatic amines is 1. The molecule has 0 saturated heterocycles. The Balaban J connectivity index is 2.00. The van der Waals surface area contributed by atoms with Crippen molar-refractivity contribution in [3.63, 3.8) is 0 Å². The van der Waals surface area contributed by atoms with Crippen molar-refractivity contribution in [1.82, 2.24) is 4.98 Å². The van der Waals surface area contributed by atoms with Crippen molar-refractivity contribution in [3.8, 4) is 5.88 Å². The smallest absolute Gasteiger partial charge is 0.296 e. The van der Waals surface area contributed by atoms with Crippen LogP contribution in [-0.4, -0.2) is 16.0 Å². The molecule has 0 aliphatic rings. The molecule has 0 bridgehead atoms. The first-order chi connectivity index (χ1) is 11.4. The van der Waals surface area contributed by atoms with Crippen LogP contribution in [0.5, 0.6) is 5.88 Å². The molecule has 3 rings (SSSR count). The largest absolute Gasteiger partial charge is 0.493 e. The van der Waals surface area contributed by atoms with Gasteiger partial charge < -0.3 is 10.1 Å². The van der Waals surface area contributed by atoms with Crippen LogP contribution >= 0.6 is 34.8 Å². The normalized spacial score (nSPS) is 11.5. The van der Waals surface area contributed by atoms with E-state index in [0.29, 0.717) is 20.9 Å². The van der Waals surface area contributed by atoms with Gasteiger partial charge in [0, 0.05) is 15.4 Å². The number of amides is 1. The predicted molar refractivity (Wildman–Crippen MR) is 95.0 cm³/mol. The summed E-state index contributed by atoms with van der Waals surface area (Å²) >= 11 is 17.8. The molecule has 2 aromatic carbocycles. The highest BCUT2D eigenvalue weighted by Crippen LogP contribution is 2.38. The highest BCUT2D eigenvalue weighted by Gasteiger charge is 2.15. The Labute approximate surface area is 151 Å². The third-order valence-electron chi connectivity index (χ3n) is 3.52. The van der Waals surface area contributed by atoms with Crippen LogP contribution in [-0.2, 0) is 0 Å². The van der Waals surface area contributed by atoms with E-state index in [1.165, 1.54) is 18.2 Å². The van der Waals surface area contributed by atoms with E-state index < -0.39 is 5.91 Å². The Morgan fingerprint density at radius 3 is 2.58 bits per heavy atom. The summed E-state index contributed by atoms with van der Waals surface area (Å²) in [5.41, 5.74) is 1.72. The number of H-pyrrole nitrogens is 1. The van der Waals surface area contributed by atoms with E-state index in [9.17, 15) is 9.90 Å². The predicted octanol–water partition coefficient (Wildman–Crippen LogP) is 6.07. The first-order valence-corrected chi connectivity index (χ1v) is 7.92. The Morgan fingerprint density at radius 1 is 1.12 bits per heavy atom. The molecule has 122 valence electrons. The van der Waals surface area contributed by atoms with E-state index in [1.54, 1.807) is 19.1 Å². The quantitative estimate of drug-likeness (QED) is 0.528. The van der Waals surface area contributed by atoms with Crippen LogP contribution in [0.2, 0.25) is 15.1 Å². The molecule has 1 amide bonds. The highest BCUT2D eigenvalue weighted by molar-refractivity contribution is 6.36.